The Morgan fingerprint density at radius 1 is 1.05 bits per heavy atom. The number of hydrogen-bond acceptors (Lipinski definition) is 3. The van der Waals surface area contributed by atoms with E-state index in [9.17, 15) is 14.7 Å². The Kier molecular flexibility index (Phi) is 8.10. The van der Waals surface area contributed by atoms with Crippen LogP contribution in [0.5, 0.6) is 5.75 Å². The number of nitrogens with zero attached hydrogens (tertiary/aromatic N) is 1. The summed E-state index contributed by atoms with van der Waals surface area (Å²) in [7, 11) is 0. The minimum Gasteiger partial charge on any atom is -0.487 e. The molecule has 0 bridgehead atoms. The number of carboxylic acids is 1. The van der Waals surface area contributed by atoms with Crippen LogP contribution in [0.3, 0.4) is 0 Å². The fraction of sp³-hybridized carbons (Fsp3) is 0.355. The molecule has 4 rings (SSSR count). The summed E-state index contributed by atoms with van der Waals surface area (Å²) in [5, 5.41) is 10.3. The van der Waals surface area contributed by atoms with E-state index in [2.05, 4.69) is 32.9 Å². The summed E-state index contributed by atoms with van der Waals surface area (Å²) in [6.45, 7) is 8.92. The van der Waals surface area contributed by atoms with Crippen LogP contribution >= 0.6 is 23.2 Å². The van der Waals surface area contributed by atoms with Crippen LogP contribution in [-0.4, -0.2) is 34.0 Å². The maximum atomic E-state index is 13.6. The van der Waals surface area contributed by atoms with Gasteiger partial charge in [-0.1, -0.05) is 80.4 Å². The summed E-state index contributed by atoms with van der Waals surface area (Å²) in [5.74, 6) is -0.416. The highest BCUT2D eigenvalue weighted by atomic mass is 35.5. The number of fused-ring (bicyclic) bond motifs is 1. The first kappa shape index (κ1) is 28.0. The van der Waals surface area contributed by atoms with Crippen molar-refractivity contribution in [3.05, 3.63) is 98.5 Å². The second-order valence-electron chi connectivity index (χ2n) is 11.3. The molecular formula is C31H33Cl2NO4. The molecule has 0 radical (unpaired) electrons. The topological polar surface area (TPSA) is 66.8 Å². The predicted octanol–water partition coefficient (Wildman–Crippen LogP) is 7.34. The second-order valence-corrected chi connectivity index (χ2v) is 12.0. The number of carboxylic acid groups (broad SMARTS) is 1. The molecule has 0 saturated heterocycles. The third kappa shape index (κ3) is 6.51. The number of rotatable bonds is 8. The van der Waals surface area contributed by atoms with Crippen LogP contribution in [0, 0.1) is 0 Å². The quantitative estimate of drug-likeness (QED) is 0.316. The number of carbonyl (C=O) groups excluding carboxylic acids is 1. The molecule has 0 spiro atoms. The van der Waals surface area contributed by atoms with Gasteiger partial charge >= 0.3 is 5.97 Å². The normalized spacial score (nSPS) is 16.6. The number of benzene rings is 3. The monoisotopic (exact) mass is 553 g/mol. The molecule has 1 heterocycles. The first-order valence-corrected chi connectivity index (χ1v) is 13.5. The summed E-state index contributed by atoms with van der Waals surface area (Å²) in [6, 6.07) is 19.1. The van der Waals surface area contributed by atoms with E-state index in [1.54, 1.807) is 17.0 Å². The van der Waals surface area contributed by atoms with Crippen molar-refractivity contribution in [3.8, 4) is 5.75 Å². The minimum atomic E-state index is -0.941. The highest BCUT2D eigenvalue weighted by Gasteiger charge is 2.36. The van der Waals surface area contributed by atoms with Crippen molar-refractivity contribution in [2.75, 3.05) is 6.54 Å². The smallest absolute Gasteiger partial charge is 0.305 e. The van der Waals surface area contributed by atoms with Crippen molar-refractivity contribution in [1.29, 1.82) is 0 Å². The van der Waals surface area contributed by atoms with Crippen molar-refractivity contribution in [2.45, 2.75) is 64.5 Å². The van der Waals surface area contributed by atoms with Crippen LogP contribution in [0.25, 0.3) is 0 Å². The van der Waals surface area contributed by atoms with Crippen LogP contribution in [0.4, 0.5) is 0 Å². The van der Waals surface area contributed by atoms with Crippen LogP contribution in [0.1, 0.15) is 66.7 Å². The highest BCUT2D eigenvalue weighted by Crippen LogP contribution is 2.39. The molecule has 7 heteroatoms. The van der Waals surface area contributed by atoms with Gasteiger partial charge in [-0.3, -0.25) is 9.59 Å². The SMILES string of the molecule is CC(C)(C)c1ccc(CN(CCC(=O)O)C(=O)c2ccc3c(c2)C[C@@](C)(Cc2cccc(Cl)c2Cl)O3)cc1. The fourth-order valence-corrected chi connectivity index (χ4v) is 5.22. The lowest BCUT2D eigenvalue weighted by atomic mass is 9.87. The van der Waals surface area contributed by atoms with Crippen LogP contribution in [0.15, 0.2) is 60.7 Å². The Morgan fingerprint density at radius 2 is 1.76 bits per heavy atom. The number of halogens is 2. The second kappa shape index (κ2) is 11.0. The molecule has 1 amide bonds. The molecule has 1 aliphatic heterocycles. The van der Waals surface area contributed by atoms with E-state index in [1.165, 1.54) is 5.56 Å². The number of hydrogen-bond donors (Lipinski definition) is 1. The van der Waals surface area contributed by atoms with Gasteiger partial charge in [0.15, 0.2) is 0 Å². The Morgan fingerprint density at radius 3 is 2.42 bits per heavy atom. The Balaban J connectivity index is 1.53. The molecule has 5 nitrogen and oxygen atoms in total. The van der Waals surface area contributed by atoms with Gasteiger partial charge in [0.05, 0.1) is 16.5 Å². The van der Waals surface area contributed by atoms with Gasteiger partial charge in [0.2, 0.25) is 0 Å². The van der Waals surface area contributed by atoms with Gasteiger partial charge in [-0.15, -0.1) is 0 Å². The summed E-state index contributed by atoms with van der Waals surface area (Å²) in [4.78, 5) is 26.5. The lowest BCUT2D eigenvalue weighted by Gasteiger charge is -2.24. The Hall–Kier alpha value is -3.02. The summed E-state index contributed by atoms with van der Waals surface area (Å²) in [5.41, 5.74) is 3.99. The molecule has 0 unspecified atom stereocenters. The first-order chi connectivity index (χ1) is 17.8. The van der Waals surface area contributed by atoms with E-state index in [0.29, 0.717) is 35.0 Å². The molecule has 3 aromatic carbocycles. The van der Waals surface area contributed by atoms with E-state index >= 15 is 0 Å². The van der Waals surface area contributed by atoms with Gasteiger partial charge in [0.1, 0.15) is 11.4 Å². The molecule has 200 valence electrons. The minimum absolute atomic E-state index is 0.0242. The van der Waals surface area contributed by atoms with Crippen LogP contribution in [0.2, 0.25) is 10.0 Å². The molecular weight excluding hydrogens is 521 g/mol. The van der Waals surface area contributed by atoms with Crippen molar-refractivity contribution in [3.63, 3.8) is 0 Å². The first-order valence-electron chi connectivity index (χ1n) is 12.7. The largest absolute Gasteiger partial charge is 0.487 e. The number of aliphatic carboxylic acids is 1. The molecule has 3 aromatic rings. The van der Waals surface area contributed by atoms with E-state index < -0.39 is 11.6 Å². The van der Waals surface area contributed by atoms with Gasteiger partial charge in [-0.05, 0) is 58.9 Å². The third-order valence-corrected chi connectivity index (χ3v) is 7.76. The number of amides is 1. The molecule has 1 N–H and O–H groups in total. The fourth-order valence-electron chi connectivity index (χ4n) is 4.84. The molecule has 0 aromatic heterocycles. The van der Waals surface area contributed by atoms with Crippen molar-refractivity contribution < 1.29 is 19.4 Å². The standard InChI is InChI=1S/C31H33Cl2NO4/c1-30(2,3)24-11-8-20(9-12-24)19-34(15-14-27(35)36)29(37)21-10-13-26-23(16-21)18-31(4,38-26)17-22-6-5-7-25(32)28(22)33/h5-13,16H,14-15,17-19H2,1-4H3,(H,35,36)/t31-/m1/s1. The number of carbonyl (C=O) groups is 2. The van der Waals surface area contributed by atoms with Gasteiger partial charge in [0, 0.05) is 31.5 Å². The Labute approximate surface area is 234 Å². The van der Waals surface area contributed by atoms with Crippen LogP contribution < -0.4 is 4.74 Å². The molecule has 0 aliphatic carbocycles. The van der Waals surface area contributed by atoms with E-state index in [4.69, 9.17) is 27.9 Å². The summed E-state index contributed by atoms with van der Waals surface area (Å²) in [6.07, 6.45) is 1.05. The molecule has 0 fully saturated rings. The van der Waals surface area contributed by atoms with E-state index in [-0.39, 0.29) is 24.3 Å². The van der Waals surface area contributed by atoms with Crippen molar-refractivity contribution in [2.24, 2.45) is 0 Å². The van der Waals surface area contributed by atoms with Gasteiger partial charge in [0.25, 0.3) is 5.91 Å². The van der Waals surface area contributed by atoms with Crippen molar-refractivity contribution in [1.82, 2.24) is 4.90 Å². The molecule has 1 atom stereocenters. The molecule has 38 heavy (non-hydrogen) atoms. The van der Waals surface area contributed by atoms with Gasteiger partial charge < -0.3 is 14.7 Å². The lowest BCUT2D eigenvalue weighted by Crippen LogP contribution is -2.33. The maximum absolute atomic E-state index is 13.6. The average molecular weight is 555 g/mol. The average Bonchev–Trinajstić information content (AvgIpc) is 3.18. The maximum Gasteiger partial charge on any atom is 0.305 e. The zero-order chi connectivity index (χ0) is 27.7. The molecule has 1 aliphatic rings. The highest BCUT2D eigenvalue weighted by molar-refractivity contribution is 6.42. The van der Waals surface area contributed by atoms with Crippen LogP contribution in [-0.2, 0) is 29.6 Å². The van der Waals surface area contributed by atoms with Gasteiger partial charge in [-0.25, -0.2) is 0 Å². The summed E-state index contributed by atoms with van der Waals surface area (Å²) >= 11 is 12.6. The zero-order valence-corrected chi connectivity index (χ0v) is 23.7. The number of ether oxygens (including phenoxy) is 1. The lowest BCUT2D eigenvalue weighted by molar-refractivity contribution is -0.137. The molecule has 0 saturated carbocycles. The van der Waals surface area contributed by atoms with Gasteiger partial charge in [-0.2, -0.15) is 0 Å². The summed E-state index contributed by atoms with van der Waals surface area (Å²) < 4.78 is 6.30. The predicted molar refractivity (Wildman–Crippen MR) is 151 cm³/mol. The van der Waals surface area contributed by atoms with E-state index in [0.717, 1.165) is 22.4 Å². The van der Waals surface area contributed by atoms with E-state index in [1.807, 2.05) is 43.3 Å². The third-order valence-electron chi connectivity index (χ3n) is 6.90. The Bertz CT molecular complexity index is 1350. The zero-order valence-electron chi connectivity index (χ0n) is 22.2. The van der Waals surface area contributed by atoms with Crippen molar-refractivity contribution >= 4 is 35.1 Å².